The van der Waals surface area contributed by atoms with Gasteiger partial charge < -0.3 is 10.6 Å². The number of pyridine rings is 2. The highest BCUT2D eigenvalue weighted by molar-refractivity contribution is 6.36. The number of fused-ring (bicyclic) bond motifs is 1. The van der Waals surface area contributed by atoms with E-state index in [-0.39, 0.29) is 16.6 Å². The van der Waals surface area contributed by atoms with Gasteiger partial charge in [-0.3, -0.25) is 14.6 Å². The first-order valence-corrected chi connectivity index (χ1v) is 11.5. The summed E-state index contributed by atoms with van der Waals surface area (Å²) < 4.78 is 15.3. The normalized spacial score (nSPS) is 11.8. The van der Waals surface area contributed by atoms with Crippen molar-refractivity contribution in [2.75, 3.05) is 10.6 Å². The van der Waals surface area contributed by atoms with Crippen molar-refractivity contribution in [3.63, 3.8) is 0 Å². The number of aromatic nitrogens is 5. The van der Waals surface area contributed by atoms with Crippen LogP contribution in [0.1, 0.15) is 22.9 Å². The number of hydrogen-bond donors (Lipinski definition) is 2. The fourth-order valence-electron chi connectivity index (χ4n) is 3.82. The van der Waals surface area contributed by atoms with Crippen LogP contribution < -0.4 is 10.6 Å². The summed E-state index contributed by atoms with van der Waals surface area (Å²) in [5.41, 5.74) is 3.97. The van der Waals surface area contributed by atoms with Gasteiger partial charge in [-0.25, -0.2) is 4.39 Å². The fraction of sp³-hybridized carbons (Fsp3) is 0.0800. The van der Waals surface area contributed by atoms with Crippen LogP contribution in [0.2, 0.25) is 10.0 Å². The minimum atomic E-state index is -0.540. The number of hydrogen-bond acceptors (Lipinski definition) is 7. The molecule has 0 fully saturated rings. The number of nitrogens with one attached hydrogen (secondary N) is 2. The molecule has 2 N–H and O–H groups in total. The molecule has 0 bridgehead atoms. The lowest BCUT2D eigenvalue weighted by atomic mass is 10.0. The van der Waals surface area contributed by atoms with Crippen molar-refractivity contribution in [1.82, 2.24) is 25.0 Å². The molecular weight excluding hydrogens is 502 g/mol. The predicted molar refractivity (Wildman–Crippen MR) is 137 cm³/mol. The highest BCUT2D eigenvalue weighted by atomic mass is 35.5. The maximum Gasteiger partial charge on any atom is 0.141 e. The Kier molecular flexibility index (Phi) is 6.38. The molecule has 0 radical (unpaired) electrons. The molecule has 0 unspecified atom stereocenters. The Morgan fingerprint density at radius 2 is 1.92 bits per heavy atom. The Labute approximate surface area is 215 Å². The predicted octanol–water partition coefficient (Wildman–Crippen LogP) is 6.02. The quantitative estimate of drug-likeness (QED) is 0.283. The minimum absolute atomic E-state index is 0.0412. The molecule has 5 aromatic rings. The molecule has 0 saturated heterocycles. The van der Waals surface area contributed by atoms with Crippen LogP contribution in [0, 0.1) is 17.1 Å². The molecule has 2 aromatic carbocycles. The Morgan fingerprint density at radius 1 is 1.08 bits per heavy atom. The van der Waals surface area contributed by atoms with Crippen molar-refractivity contribution >= 4 is 51.2 Å². The molecule has 0 saturated carbocycles. The molecular formula is C25H17Cl2FN8. The molecule has 178 valence electrons. The number of aryl methyl sites for hydroxylation is 1. The van der Waals surface area contributed by atoms with Crippen LogP contribution in [0.5, 0.6) is 0 Å². The van der Waals surface area contributed by atoms with Gasteiger partial charge in [-0.15, -0.1) is 5.10 Å². The number of rotatable bonds is 6. The van der Waals surface area contributed by atoms with Crippen molar-refractivity contribution in [3.8, 4) is 6.07 Å². The van der Waals surface area contributed by atoms with E-state index in [2.05, 4.69) is 37.0 Å². The van der Waals surface area contributed by atoms with E-state index >= 15 is 0 Å². The molecule has 0 aliphatic heterocycles. The molecule has 5 rings (SSSR count). The van der Waals surface area contributed by atoms with E-state index in [1.165, 1.54) is 24.4 Å². The van der Waals surface area contributed by atoms with Crippen LogP contribution in [-0.4, -0.2) is 25.0 Å². The van der Waals surface area contributed by atoms with Crippen molar-refractivity contribution in [1.29, 1.82) is 5.26 Å². The molecule has 3 heterocycles. The molecule has 0 spiro atoms. The van der Waals surface area contributed by atoms with E-state index < -0.39 is 5.82 Å². The highest BCUT2D eigenvalue weighted by Gasteiger charge is 2.20. The van der Waals surface area contributed by atoms with Gasteiger partial charge >= 0.3 is 0 Å². The second-order valence-electron chi connectivity index (χ2n) is 7.95. The zero-order valence-corrected chi connectivity index (χ0v) is 20.3. The molecule has 11 heteroatoms. The lowest BCUT2D eigenvalue weighted by Gasteiger charge is -2.19. The number of anilines is 3. The first-order valence-electron chi connectivity index (χ1n) is 10.7. The Balaban J connectivity index is 1.62. The third-order valence-corrected chi connectivity index (χ3v) is 6.06. The third kappa shape index (κ3) is 4.64. The first kappa shape index (κ1) is 23.5. The first-order chi connectivity index (χ1) is 17.4. The van der Waals surface area contributed by atoms with Gasteiger partial charge in [0.05, 0.1) is 39.1 Å². The van der Waals surface area contributed by atoms with Crippen molar-refractivity contribution in [2.24, 2.45) is 7.05 Å². The van der Waals surface area contributed by atoms with Crippen LogP contribution in [0.4, 0.5) is 21.5 Å². The van der Waals surface area contributed by atoms with Gasteiger partial charge in [0.2, 0.25) is 0 Å². The fourth-order valence-corrected chi connectivity index (χ4v) is 4.27. The molecule has 8 nitrogen and oxygen atoms in total. The summed E-state index contributed by atoms with van der Waals surface area (Å²) in [6.07, 6.45) is 6.69. The standard InChI is InChI=1S/C25H17Cl2FN8/c1-36-13-22(34-35-36)24(14-3-2-6-30-11-14)33-17-7-18-23(32-16-4-5-21(28)19(26)8-16)15(10-29)12-31-25(18)20(27)9-17/h2-9,11-13,24,33H,1H3,(H,31,32)/t24-/m0/s1. The van der Waals surface area contributed by atoms with Gasteiger partial charge in [-0.05, 0) is 42.0 Å². The molecule has 0 aliphatic rings. The number of halogens is 3. The largest absolute Gasteiger partial charge is 0.373 e. The van der Waals surface area contributed by atoms with E-state index in [1.807, 2.05) is 24.4 Å². The van der Waals surface area contributed by atoms with Crippen LogP contribution in [0.3, 0.4) is 0 Å². The number of benzene rings is 2. The Hall–Kier alpha value is -4.26. The molecule has 0 amide bonds. The van der Waals surface area contributed by atoms with Crippen molar-refractivity contribution in [3.05, 3.63) is 99.9 Å². The Bertz CT molecular complexity index is 1610. The van der Waals surface area contributed by atoms with Crippen molar-refractivity contribution in [2.45, 2.75) is 6.04 Å². The van der Waals surface area contributed by atoms with Crippen LogP contribution in [0.25, 0.3) is 10.9 Å². The van der Waals surface area contributed by atoms with Gasteiger partial charge in [0, 0.05) is 42.4 Å². The maximum absolute atomic E-state index is 13.7. The lowest BCUT2D eigenvalue weighted by Crippen LogP contribution is -2.13. The second kappa shape index (κ2) is 9.77. The van der Waals surface area contributed by atoms with E-state index in [0.29, 0.717) is 38.7 Å². The second-order valence-corrected chi connectivity index (χ2v) is 8.76. The summed E-state index contributed by atoms with van der Waals surface area (Å²) in [6.45, 7) is 0. The van der Waals surface area contributed by atoms with E-state index in [1.54, 1.807) is 30.2 Å². The van der Waals surface area contributed by atoms with Gasteiger partial charge in [-0.2, -0.15) is 5.26 Å². The van der Waals surface area contributed by atoms with Gasteiger partial charge in [0.1, 0.15) is 17.6 Å². The highest BCUT2D eigenvalue weighted by Crippen LogP contribution is 2.37. The SMILES string of the molecule is Cn1cc([C@@H](Nc2cc(Cl)c3ncc(C#N)c(Nc4ccc(F)c(Cl)c4)c3c2)c2cccnc2)nn1. The van der Waals surface area contributed by atoms with Gasteiger partial charge in [0.25, 0.3) is 0 Å². The van der Waals surface area contributed by atoms with Gasteiger partial charge in [-0.1, -0.05) is 34.5 Å². The maximum atomic E-state index is 13.7. The molecule has 36 heavy (non-hydrogen) atoms. The number of nitriles is 1. The van der Waals surface area contributed by atoms with E-state index in [0.717, 1.165) is 5.56 Å². The van der Waals surface area contributed by atoms with E-state index in [4.69, 9.17) is 23.2 Å². The van der Waals surface area contributed by atoms with Gasteiger partial charge in [0.15, 0.2) is 0 Å². The Morgan fingerprint density at radius 3 is 2.61 bits per heavy atom. The van der Waals surface area contributed by atoms with Crippen LogP contribution in [0.15, 0.2) is 67.3 Å². The summed E-state index contributed by atoms with van der Waals surface area (Å²) in [5, 5.41) is 25.6. The summed E-state index contributed by atoms with van der Waals surface area (Å²) in [4.78, 5) is 8.61. The molecule has 1 atom stereocenters. The average molecular weight is 519 g/mol. The lowest BCUT2D eigenvalue weighted by molar-refractivity contribution is 0.628. The summed E-state index contributed by atoms with van der Waals surface area (Å²) in [5.74, 6) is -0.540. The minimum Gasteiger partial charge on any atom is -0.373 e. The average Bonchev–Trinajstić information content (AvgIpc) is 3.31. The summed E-state index contributed by atoms with van der Waals surface area (Å²) in [7, 11) is 1.79. The smallest absolute Gasteiger partial charge is 0.141 e. The number of nitrogens with zero attached hydrogens (tertiary/aromatic N) is 6. The van der Waals surface area contributed by atoms with Crippen molar-refractivity contribution < 1.29 is 4.39 Å². The zero-order valence-electron chi connectivity index (χ0n) is 18.7. The van der Waals surface area contributed by atoms with Crippen LogP contribution >= 0.6 is 23.2 Å². The molecule has 3 aromatic heterocycles. The third-order valence-electron chi connectivity index (χ3n) is 5.48. The topological polar surface area (TPSA) is 104 Å². The monoisotopic (exact) mass is 518 g/mol. The zero-order chi connectivity index (χ0) is 25.2. The molecule has 0 aliphatic carbocycles. The summed E-state index contributed by atoms with van der Waals surface area (Å²) >= 11 is 12.6. The summed E-state index contributed by atoms with van der Waals surface area (Å²) in [6, 6.07) is 13.4. The van der Waals surface area contributed by atoms with E-state index in [9.17, 15) is 9.65 Å². The van der Waals surface area contributed by atoms with Crippen LogP contribution in [-0.2, 0) is 7.05 Å².